The van der Waals surface area contributed by atoms with E-state index in [9.17, 15) is 10.2 Å². The van der Waals surface area contributed by atoms with Gasteiger partial charge in [0.15, 0.2) is 0 Å². The van der Waals surface area contributed by atoms with Crippen LogP contribution in [-0.2, 0) is 0 Å². The zero-order valence-electron chi connectivity index (χ0n) is 11.6. The first-order valence-electron chi connectivity index (χ1n) is 6.89. The van der Waals surface area contributed by atoms with Gasteiger partial charge in [-0.3, -0.25) is 0 Å². The molecule has 0 saturated heterocycles. The van der Waals surface area contributed by atoms with Gasteiger partial charge in [0.05, 0.1) is 11.7 Å². The van der Waals surface area contributed by atoms with Gasteiger partial charge in [-0.25, -0.2) is 0 Å². The van der Waals surface area contributed by atoms with Crippen molar-refractivity contribution >= 4 is 0 Å². The molecule has 3 atom stereocenters. The lowest BCUT2D eigenvalue weighted by molar-refractivity contribution is -0.0470. The molecule has 0 aromatic heterocycles. The van der Waals surface area contributed by atoms with Crippen LogP contribution in [0.15, 0.2) is 11.1 Å². The lowest BCUT2D eigenvalue weighted by Gasteiger charge is -2.49. The first kappa shape index (κ1) is 13.1. The maximum atomic E-state index is 10.7. The summed E-state index contributed by atoms with van der Waals surface area (Å²) in [5.41, 5.74) is 2.12. The molecule has 0 bridgehead atoms. The highest BCUT2D eigenvalue weighted by molar-refractivity contribution is 5.30. The van der Waals surface area contributed by atoms with Crippen molar-refractivity contribution in [1.82, 2.24) is 0 Å². The number of hydrogen-bond acceptors (Lipinski definition) is 2. The summed E-state index contributed by atoms with van der Waals surface area (Å²) >= 11 is 0. The van der Waals surface area contributed by atoms with Crippen LogP contribution in [0.1, 0.15) is 59.8 Å². The Labute approximate surface area is 105 Å². The molecule has 1 fully saturated rings. The molecule has 0 aromatic carbocycles. The largest absolute Gasteiger partial charge is 0.389 e. The maximum Gasteiger partial charge on any atom is 0.0750 e. The van der Waals surface area contributed by atoms with Crippen LogP contribution in [0.3, 0.4) is 0 Å². The van der Waals surface area contributed by atoms with Crippen molar-refractivity contribution in [2.24, 2.45) is 11.3 Å². The van der Waals surface area contributed by atoms with Gasteiger partial charge >= 0.3 is 0 Å². The van der Waals surface area contributed by atoms with Crippen molar-refractivity contribution in [2.45, 2.75) is 71.5 Å². The van der Waals surface area contributed by atoms with Gasteiger partial charge in [-0.05, 0) is 55.9 Å². The minimum atomic E-state index is -0.562. The predicted octanol–water partition coefficient (Wildman–Crippen LogP) is 3.03. The smallest absolute Gasteiger partial charge is 0.0750 e. The van der Waals surface area contributed by atoms with Crippen LogP contribution in [0, 0.1) is 11.3 Å². The molecule has 17 heavy (non-hydrogen) atoms. The van der Waals surface area contributed by atoms with Gasteiger partial charge in [0.2, 0.25) is 0 Å². The predicted molar refractivity (Wildman–Crippen MR) is 69.7 cm³/mol. The average Bonchev–Trinajstić information content (AvgIpc) is 2.27. The van der Waals surface area contributed by atoms with Crippen molar-refractivity contribution < 1.29 is 10.2 Å². The molecule has 2 heteroatoms. The third kappa shape index (κ3) is 2.06. The van der Waals surface area contributed by atoms with E-state index in [1.807, 2.05) is 6.92 Å². The van der Waals surface area contributed by atoms with Crippen LogP contribution in [0.4, 0.5) is 0 Å². The van der Waals surface area contributed by atoms with E-state index in [2.05, 4.69) is 20.8 Å². The van der Waals surface area contributed by atoms with E-state index in [4.69, 9.17) is 0 Å². The third-order valence-electron chi connectivity index (χ3n) is 5.34. The minimum Gasteiger partial charge on any atom is -0.389 e. The fraction of sp³-hybridized carbons (Fsp3) is 0.867. The van der Waals surface area contributed by atoms with E-state index >= 15 is 0 Å². The Bertz CT molecular complexity index is 345. The van der Waals surface area contributed by atoms with Crippen LogP contribution in [0.5, 0.6) is 0 Å². The second kappa shape index (κ2) is 4.10. The van der Waals surface area contributed by atoms with Gasteiger partial charge in [0, 0.05) is 0 Å². The summed E-state index contributed by atoms with van der Waals surface area (Å²) in [6.07, 6.45) is 4.37. The molecule has 0 radical (unpaired) electrons. The second-order valence-corrected chi connectivity index (χ2v) is 6.71. The molecule has 2 aliphatic carbocycles. The molecule has 0 heterocycles. The van der Waals surface area contributed by atoms with Gasteiger partial charge in [0.1, 0.15) is 0 Å². The normalized spacial score (nSPS) is 42.9. The van der Waals surface area contributed by atoms with Crippen LogP contribution >= 0.6 is 0 Å². The Hall–Kier alpha value is -0.340. The SMILES string of the molecule is CC1=C2C[C@@](O)(C(C)C)CC[C@@]2(C)CC[C@@H]1O. The van der Waals surface area contributed by atoms with E-state index in [1.54, 1.807) is 0 Å². The number of aliphatic hydroxyl groups excluding tert-OH is 1. The molecule has 2 aliphatic rings. The van der Waals surface area contributed by atoms with E-state index in [1.165, 1.54) is 5.57 Å². The molecule has 0 aromatic rings. The first-order valence-corrected chi connectivity index (χ1v) is 6.89. The second-order valence-electron chi connectivity index (χ2n) is 6.71. The van der Waals surface area contributed by atoms with Gasteiger partial charge in [-0.1, -0.05) is 26.3 Å². The number of rotatable bonds is 1. The molecular formula is C15H26O2. The zero-order valence-corrected chi connectivity index (χ0v) is 11.6. The fourth-order valence-electron chi connectivity index (χ4n) is 3.51. The van der Waals surface area contributed by atoms with E-state index in [-0.39, 0.29) is 17.4 Å². The van der Waals surface area contributed by atoms with Gasteiger partial charge in [-0.15, -0.1) is 0 Å². The summed E-state index contributed by atoms with van der Waals surface area (Å²) in [7, 11) is 0. The van der Waals surface area contributed by atoms with Crippen molar-refractivity contribution in [1.29, 1.82) is 0 Å². The lowest BCUT2D eigenvalue weighted by atomic mass is 9.58. The Morgan fingerprint density at radius 1 is 1.24 bits per heavy atom. The summed E-state index contributed by atoms with van der Waals surface area (Å²) < 4.78 is 0. The van der Waals surface area contributed by atoms with Crippen molar-refractivity contribution in [2.75, 3.05) is 0 Å². The van der Waals surface area contributed by atoms with E-state index < -0.39 is 5.60 Å². The zero-order chi connectivity index (χ0) is 12.8. The van der Waals surface area contributed by atoms with Crippen molar-refractivity contribution in [3.8, 4) is 0 Å². The molecule has 98 valence electrons. The Morgan fingerprint density at radius 3 is 2.47 bits per heavy atom. The summed E-state index contributed by atoms with van der Waals surface area (Å²) in [4.78, 5) is 0. The highest BCUT2D eigenvalue weighted by Gasteiger charge is 2.46. The summed E-state index contributed by atoms with van der Waals surface area (Å²) in [5.74, 6) is 0.284. The molecule has 2 nitrogen and oxygen atoms in total. The first-order chi connectivity index (χ1) is 7.78. The molecule has 0 aliphatic heterocycles. The maximum absolute atomic E-state index is 10.7. The molecule has 0 unspecified atom stereocenters. The number of aliphatic hydroxyl groups is 2. The highest BCUT2D eigenvalue weighted by Crippen LogP contribution is 2.53. The summed E-state index contributed by atoms with van der Waals surface area (Å²) in [5, 5.41) is 20.7. The standard InChI is InChI=1S/C15H26O2/c1-10(2)15(17)8-7-14(4)6-5-13(16)11(3)12(14)9-15/h10,13,16-17H,5-9H2,1-4H3/t13-,14+,15+/m0/s1. The highest BCUT2D eigenvalue weighted by atomic mass is 16.3. The molecular weight excluding hydrogens is 212 g/mol. The van der Waals surface area contributed by atoms with E-state index in [0.29, 0.717) is 0 Å². The molecule has 2 rings (SSSR count). The molecule has 1 saturated carbocycles. The average molecular weight is 238 g/mol. The van der Waals surface area contributed by atoms with E-state index in [0.717, 1.165) is 37.7 Å². The summed E-state index contributed by atoms with van der Waals surface area (Å²) in [6, 6.07) is 0. The Morgan fingerprint density at radius 2 is 1.88 bits per heavy atom. The fourth-order valence-corrected chi connectivity index (χ4v) is 3.51. The van der Waals surface area contributed by atoms with Crippen molar-refractivity contribution in [3.63, 3.8) is 0 Å². The monoisotopic (exact) mass is 238 g/mol. The minimum absolute atomic E-state index is 0.227. The number of hydrogen-bond donors (Lipinski definition) is 2. The van der Waals surface area contributed by atoms with Gasteiger partial charge in [0.25, 0.3) is 0 Å². The Kier molecular flexibility index (Phi) is 3.16. The Balaban J connectivity index is 2.36. The number of fused-ring (bicyclic) bond motifs is 1. The van der Waals surface area contributed by atoms with Gasteiger partial charge < -0.3 is 10.2 Å². The topological polar surface area (TPSA) is 40.5 Å². The summed E-state index contributed by atoms with van der Waals surface area (Å²) in [6.45, 7) is 8.54. The quantitative estimate of drug-likeness (QED) is 0.689. The van der Waals surface area contributed by atoms with Crippen LogP contribution in [0.2, 0.25) is 0 Å². The van der Waals surface area contributed by atoms with Crippen molar-refractivity contribution in [3.05, 3.63) is 11.1 Å². The third-order valence-corrected chi connectivity index (χ3v) is 5.34. The van der Waals surface area contributed by atoms with Crippen LogP contribution < -0.4 is 0 Å². The van der Waals surface area contributed by atoms with Crippen LogP contribution in [-0.4, -0.2) is 21.9 Å². The van der Waals surface area contributed by atoms with Crippen LogP contribution in [0.25, 0.3) is 0 Å². The molecule has 0 spiro atoms. The molecule has 2 N–H and O–H groups in total. The lowest BCUT2D eigenvalue weighted by Crippen LogP contribution is -2.45. The molecule has 0 amide bonds. The van der Waals surface area contributed by atoms with Gasteiger partial charge in [-0.2, -0.15) is 0 Å².